The molecular formula is C17H19N3OS. The van der Waals surface area contributed by atoms with E-state index in [9.17, 15) is 0 Å². The van der Waals surface area contributed by atoms with Gasteiger partial charge in [0.15, 0.2) is 5.13 Å². The fourth-order valence-electron chi connectivity index (χ4n) is 2.34. The molecule has 0 saturated carbocycles. The molecule has 2 aromatic heterocycles. The average molecular weight is 313 g/mol. The van der Waals surface area contributed by atoms with E-state index in [4.69, 9.17) is 9.72 Å². The molecule has 0 aliphatic rings. The van der Waals surface area contributed by atoms with E-state index in [0.29, 0.717) is 0 Å². The molecular weight excluding hydrogens is 294 g/mol. The molecule has 3 aromatic rings. The number of thiazole rings is 1. The minimum Gasteiger partial charge on any atom is -0.495 e. The van der Waals surface area contributed by atoms with Gasteiger partial charge in [-0.2, -0.15) is 0 Å². The van der Waals surface area contributed by atoms with Gasteiger partial charge in [-0.1, -0.05) is 24.3 Å². The van der Waals surface area contributed by atoms with Crippen molar-refractivity contribution < 1.29 is 4.74 Å². The number of hydrogen-bond donors (Lipinski definition) is 0. The molecule has 0 bridgehead atoms. The molecule has 0 saturated heterocycles. The van der Waals surface area contributed by atoms with Crippen LogP contribution < -0.4 is 9.64 Å². The van der Waals surface area contributed by atoms with Crippen molar-refractivity contribution in [2.45, 2.75) is 19.9 Å². The minimum atomic E-state index is 0.755. The molecule has 114 valence electrons. The number of nitrogens with zero attached hydrogens (tertiary/aromatic N) is 3. The van der Waals surface area contributed by atoms with Crippen LogP contribution in [0, 0.1) is 0 Å². The molecule has 0 N–H and O–H groups in total. The molecule has 0 aliphatic carbocycles. The zero-order valence-electron chi connectivity index (χ0n) is 13.0. The van der Waals surface area contributed by atoms with Crippen molar-refractivity contribution in [3.63, 3.8) is 0 Å². The van der Waals surface area contributed by atoms with E-state index in [1.165, 1.54) is 10.3 Å². The van der Waals surface area contributed by atoms with E-state index >= 15 is 0 Å². The molecule has 1 aromatic carbocycles. The van der Waals surface area contributed by atoms with Crippen molar-refractivity contribution in [1.29, 1.82) is 0 Å². The van der Waals surface area contributed by atoms with Crippen molar-refractivity contribution in [3.05, 3.63) is 47.8 Å². The first-order chi connectivity index (χ1) is 10.7. The van der Waals surface area contributed by atoms with Crippen LogP contribution in [-0.2, 0) is 13.0 Å². The summed E-state index contributed by atoms with van der Waals surface area (Å²) in [7, 11) is 3.71. The molecule has 0 spiro atoms. The standard InChI is InChI=1S/C17H19N3OS/c1-4-12-5-6-15-16(8-12)22-17(19-15)20(2)11-13-7-14(21-3)10-18-9-13/h5-10H,4,11H2,1-3H3. The lowest BCUT2D eigenvalue weighted by molar-refractivity contribution is 0.412. The monoisotopic (exact) mass is 313 g/mol. The van der Waals surface area contributed by atoms with Gasteiger partial charge in [0.1, 0.15) is 5.75 Å². The minimum absolute atomic E-state index is 0.755. The highest BCUT2D eigenvalue weighted by Gasteiger charge is 2.10. The highest BCUT2D eigenvalue weighted by atomic mass is 32.1. The third-order valence-electron chi connectivity index (χ3n) is 3.60. The fraction of sp³-hybridized carbons (Fsp3) is 0.294. The lowest BCUT2D eigenvalue weighted by atomic mass is 10.2. The largest absolute Gasteiger partial charge is 0.495 e. The Bertz CT molecular complexity index is 784. The van der Waals surface area contributed by atoms with Crippen LogP contribution in [0.4, 0.5) is 5.13 Å². The van der Waals surface area contributed by atoms with Gasteiger partial charge in [-0.15, -0.1) is 0 Å². The Kier molecular flexibility index (Phi) is 4.24. The Labute approximate surface area is 134 Å². The van der Waals surface area contributed by atoms with Crippen molar-refractivity contribution in [1.82, 2.24) is 9.97 Å². The van der Waals surface area contributed by atoms with Gasteiger partial charge in [0.2, 0.25) is 0 Å². The first kappa shape index (κ1) is 14.8. The van der Waals surface area contributed by atoms with Gasteiger partial charge in [0.25, 0.3) is 0 Å². The summed E-state index contributed by atoms with van der Waals surface area (Å²) in [4.78, 5) is 11.1. The quantitative estimate of drug-likeness (QED) is 0.716. The summed E-state index contributed by atoms with van der Waals surface area (Å²) in [6, 6.07) is 8.50. The normalized spacial score (nSPS) is 10.9. The van der Waals surface area contributed by atoms with Crippen molar-refractivity contribution in [2.24, 2.45) is 0 Å². The van der Waals surface area contributed by atoms with Crippen LogP contribution in [0.25, 0.3) is 10.2 Å². The summed E-state index contributed by atoms with van der Waals surface area (Å²) in [5, 5.41) is 1.02. The molecule has 0 unspecified atom stereocenters. The highest BCUT2D eigenvalue weighted by Crippen LogP contribution is 2.30. The van der Waals surface area contributed by atoms with Gasteiger partial charge in [-0.25, -0.2) is 4.98 Å². The number of hydrogen-bond acceptors (Lipinski definition) is 5. The number of pyridine rings is 1. The second-order valence-electron chi connectivity index (χ2n) is 5.24. The zero-order chi connectivity index (χ0) is 15.5. The van der Waals surface area contributed by atoms with Gasteiger partial charge in [-0.3, -0.25) is 4.98 Å². The average Bonchev–Trinajstić information content (AvgIpc) is 2.98. The third-order valence-corrected chi connectivity index (χ3v) is 4.73. The number of anilines is 1. The van der Waals surface area contributed by atoms with Gasteiger partial charge in [0, 0.05) is 19.8 Å². The fourth-order valence-corrected chi connectivity index (χ4v) is 3.33. The Morgan fingerprint density at radius 1 is 1.18 bits per heavy atom. The smallest absolute Gasteiger partial charge is 0.186 e. The topological polar surface area (TPSA) is 38.2 Å². The number of aryl methyl sites for hydroxylation is 1. The summed E-state index contributed by atoms with van der Waals surface area (Å²) in [5.74, 6) is 0.780. The van der Waals surface area contributed by atoms with Crippen LogP contribution in [0.1, 0.15) is 18.1 Å². The first-order valence-corrected chi connectivity index (χ1v) is 8.09. The first-order valence-electron chi connectivity index (χ1n) is 7.28. The molecule has 0 radical (unpaired) electrons. The molecule has 0 fully saturated rings. The molecule has 2 heterocycles. The van der Waals surface area contributed by atoms with Crippen LogP contribution in [0.2, 0.25) is 0 Å². The SMILES string of the molecule is CCc1ccc2nc(N(C)Cc3cncc(OC)c3)sc2c1. The van der Waals surface area contributed by atoms with E-state index in [1.54, 1.807) is 24.6 Å². The Morgan fingerprint density at radius 2 is 2.05 bits per heavy atom. The second kappa shape index (κ2) is 6.32. The summed E-state index contributed by atoms with van der Waals surface area (Å²) >= 11 is 1.73. The summed E-state index contributed by atoms with van der Waals surface area (Å²) in [6.45, 7) is 2.93. The number of methoxy groups -OCH3 is 1. The second-order valence-corrected chi connectivity index (χ2v) is 6.25. The van der Waals surface area contributed by atoms with E-state index < -0.39 is 0 Å². The van der Waals surface area contributed by atoms with Crippen molar-refractivity contribution in [3.8, 4) is 5.75 Å². The summed E-state index contributed by atoms with van der Waals surface area (Å²) in [5.41, 5.74) is 3.52. The highest BCUT2D eigenvalue weighted by molar-refractivity contribution is 7.22. The number of aromatic nitrogens is 2. The number of rotatable bonds is 5. The Hall–Kier alpha value is -2.14. The van der Waals surface area contributed by atoms with Crippen molar-refractivity contribution in [2.75, 3.05) is 19.1 Å². The maximum Gasteiger partial charge on any atom is 0.186 e. The lowest BCUT2D eigenvalue weighted by Gasteiger charge is -2.15. The number of fused-ring (bicyclic) bond motifs is 1. The van der Waals surface area contributed by atoms with Crippen LogP contribution in [-0.4, -0.2) is 24.1 Å². The van der Waals surface area contributed by atoms with E-state index in [0.717, 1.165) is 34.9 Å². The molecule has 0 atom stereocenters. The van der Waals surface area contributed by atoms with E-state index in [-0.39, 0.29) is 0 Å². The predicted octanol–water partition coefficient (Wildman–Crippen LogP) is 3.90. The Balaban J connectivity index is 1.83. The summed E-state index contributed by atoms with van der Waals surface area (Å²) < 4.78 is 6.46. The Morgan fingerprint density at radius 3 is 2.82 bits per heavy atom. The van der Waals surface area contributed by atoms with Crippen LogP contribution in [0.15, 0.2) is 36.7 Å². The van der Waals surface area contributed by atoms with Crippen LogP contribution in [0.5, 0.6) is 5.75 Å². The molecule has 22 heavy (non-hydrogen) atoms. The van der Waals surface area contributed by atoms with Gasteiger partial charge in [0.05, 0.1) is 23.5 Å². The van der Waals surface area contributed by atoms with E-state index in [2.05, 4.69) is 42.1 Å². The maximum absolute atomic E-state index is 5.22. The molecule has 3 rings (SSSR count). The van der Waals surface area contributed by atoms with Crippen LogP contribution in [0.3, 0.4) is 0 Å². The zero-order valence-corrected chi connectivity index (χ0v) is 13.9. The third kappa shape index (κ3) is 3.04. The molecule has 4 nitrogen and oxygen atoms in total. The number of ether oxygens (including phenoxy) is 1. The summed E-state index contributed by atoms with van der Waals surface area (Å²) in [6.07, 6.45) is 4.63. The van der Waals surface area contributed by atoms with E-state index in [1.807, 2.05) is 12.3 Å². The number of benzene rings is 1. The van der Waals surface area contributed by atoms with Crippen molar-refractivity contribution >= 4 is 26.7 Å². The van der Waals surface area contributed by atoms with Gasteiger partial charge in [-0.05, 0) is 35.7 Å². The molecule has 0 amide bonds. The van der Waals surface area contributed by atoms with Gasteiger partial charge >= 0.3 is 0 Å². The molecule has 0 aliphatic heterocycles. The maximum atomic E-state index is 5.22. The molecule has 5 heteroatoms. The van der Waals surface area contributed by atoms with Crippen LogP contribution >= 0.6 is 11.3 Å². The lowest BCUT2D eigenvalue weighted by Crippen LogP contribution is -2.16. The van der Waals surface area contributed by atoms with Gasteiger partial charge < -0.3 is 9.64 Å². The predicted molar refractivity (Wildman–Crippen MR) is 91.9 cm³/mol.